The van der Waals surface area contributed by atoms with Gasteiger partial charge in [-0.25, -0.2) is 0 Å². The van der Waals surface area contributed by atoms with Gasteiger partial charge in [0, 0.05) is 38.1 Å². The fourth-order valence-electron chi connectivity index (χ4n) is 3.68. The Balaban J connectivity index is 1.98. The molecule has 1 unspecified atom stereocenters. The molecular weight excluding hydrogens is 376 g/mol. The molecule has 0 saturated carbocycles. The maximum atomic E-state index is 12.5. The molecule has 6 heteroatoms. The van der Waals surface area contributed by atoms with E-state index >= 15 is 0 Å². The molecule has 1 aromatic heterocycles. The molecular formula is C24H32N4O2. The van der Waals surface area contributed by atoms with Gasteiger partial charge in [-0.05, 0) is 51.1 Å². The standard InChI is InChI=1S/C24H32N4O2/c1-18-13-22(20(3)28(18)19(2)17-30-5)14-23(15-25)24(29)26-11-12-27(4)16-21-9-7-6-8-10-21/h6-10,13-14,19H,11-12,16-17H2,1-5H3,(H,26,29)/b23-14+. The van der Waals surface area contributed by atoms with Gasteiger partial charge in [-0.2, -0.15) is 5.26 Å². The number of ether oxygens (including phenoxy) is 1. The van der Waals surface area contributed by atoms with Gasteiger partial charge in [0.15, 0.2) is 0 Å². The second-order valence-corrected chi connectivity index (χ2v) is 7.65. The normalized spacial score (nSPS) is 12.6. The fourth-order valence-corrected chi connectivity index (χ4v) is 3.68. The molecule has 1 atom stereocenters. The molecule has 1 amide bonds. The van der Waals surface area contributed by atoms with Gasteiger partial charge in [0.1, 0.15) is 11.6 Å². The number of rotatable bonds is 10. The summed E-state index contributed by atoms with van der Waals surface area (Å²) in [6, 6.07) is 14.4. The predicted molar refractivity (Wildman–Crippen MR) is 120 cm³/mol. The van der Waals surface area contributed by atoms with Crippen LogP contribution in [0, 0.1) is 25.2 Å². The molecule has 2 rings (SSSR count). The molecule has 2 aromatic rings. The van der Waals surface area contributed by atoms with E-state index in [1.165, 1.54) is 5.56 Å². The molecule has 0 aliphatic heterocycles. The SMILES string of the molecule is COCC(C)n1c(C)cc(/C=C(\C#N)C(=O)NCCN(C)Cc2ccccc2)c1C. The van der Waals surface area contributed by atoms with Crippen LogP contribution in [0.3, 0.4) is 0 Å². The minimum Gasteiger partial charge on any atom is -0.383 e. The maximum absolute atomic E-state index is 12.5. The van der Waals surface area contributed by atoms with Crippen molar-refractivity contribution in [1.82, 2.24) is 14.8 Å². The monoisotopic (exact) mass is 408 g/mol. The third kappa shape index (κ3) is 6.31. The first-order valence-corrected chi connectivity index (χ1v) is 10.2. The maximum Gasteiger partial charge on any atom is 0.261 e. The van der Waals surface area contributed by atoms with Crippen LogP contribution in [-0.2, 0) is 16.1 Å². The number of nitrogens with zero attached hydrogens (tertiary/aromatic N) is 3. The molecule has 0 bridgehead atoms. The first-order valence-electron chi connectivity index (χ1n) is 10.2. The van der Waals surface area contributed by atoms with E-state index in [1.807, 2.05) is 51.2 Å². The van der Waals surface area contributed by atoms with Gasteiger partial charge in [0.25, 0.3) is 5.91 Å². The number of nitrogens with one attached hydrogen (secondary N) is 1. The third-order valence-corrected chi connectivity index (χ3v) is 5.11. The smallest absolute Gasteiger partial charge is 0.261 e. The summed E-state index contributed by atoms with van der Waals surface area (Å²) in [6.45, 7) is 8.68. The van der Waals surface area contributed by atoms with E-state index in [1.54, 1.807) is 13.2 Å². The van der Waals surface area contributed by atoms with E-state index in [-0.39, 0.29) is 17.5 Å². The van der Waals surface area contributed by atoms with Crippen LogP contribution < -0.4 is 5.32 Å². The zero-order valence-electron chi connectivity index (χ0n) is 18.6. The number of likely N-dealkylation sites (N-methyl/N-ethyl adjacent to an activating group) is 1. The van der Waals surface area contributed by atoms with Crippen molar-refractivity contribution >= 4 is 12.0 Å². The summed E-state index contributed by atoms with van der Waals surface area (Å²) in [5.41, 5.74) is 4.30. The Kier molecular flexibility index (Phi) is 8.85. The molecule has 160 valence electrons. The number of methoxy groups -OCH3 is 1. The van der Waals surface area contributed by atoms with Crippen LogP contribution >= 0.6 is 0 Å². The zero-order chi connectivity index (χ0) is 22.1. The lowest BCUT2D eigenvalue weighted by atomic mass is 10.1. The summed E-state index contributed by atoms with van der Waals surface area (Å²) < 4.78 is 7.43. The number of aryl methyl sites for hydroxylation is 1. The Morgan fingerprint density at radius 1 is 1.33 bits per heavy atom. The van der Waals surface area contributed by atoms with Crippen LogP contribution in [0.2, 0.25) is 0 Å². The fraction of sp³-hybridized carbons (Fsp3) is 0.417. The summed E-state index contributed by atoms with van der Waals surface area (Å²) in [7, 11) is 3.69. The second-order valence-electron chi connectivity index (χ2n) is 7.65. The Labute approximate surface area is 179 Å². The molecule has 0 aliphatic carbocycles. The highest BCUT2D eigenvalue weighted by Crippen LogP contribution is 2.22. The van der Waals surface area contributed by atoms with Crippen molar-refractivity contribution in [3.8, 4) is 6.07 Å². The van der Waals surface area contributed by atoms with Crippen LogP contribution in [0.15, 0.2) is 42.0 Å². The average Bonchev–Trinajstić information content (AvgIpc) is 2.99. The van der Waals surface area contributed by atoms with Gasteiger partial charge in [0.2, 0.25) is 0 Å². The summed E-state index contributed by atoms with van der Waals surface area (Å²) in [4.78, 5) is 14.6. The summed E-state index contributed by atoms with van der Waals surface area (Å²) in [5.74, 6) is -0.347. The first-order chi connectivity index (χ1) is 14.4. The zero-order valence-corrected chi connectivity index (χ0v) is 18.6. The van der Waals surface area contributed by atoms with Crippen LogP contribution in [0.1, 0.15) is 35.5 Å². The average molecular weight is 409 g/mol. The number of nitriles is 1. The third-order valence-electron chi connectivity index (χ3n) is 5.11. The summed E-state index contributed by atoms with van der Waals surface area (Å²) >= 11 is 0. The van der Waals surface area contributed by atoms with Gasteiger partial charge in [-0.15, -0.1) is 0 Å². The molecule has 1 N–H and O–H groups in total. The number of benzene rings is 1. The minimum atomic E-state index is -0.347. The molecule has 0 aliphatic rings. The predicted octanol–water partition coefficient (Wildman–Crippen LogP) is 3.47. The molecule has 0 spiro atoms. The van der Waals surface area contributed by atoms with Gasteiger partial charge in [-0.3, -0.25) is 4.79 Å². The highest BCUT2D eigenvalue weighted by molar-refractivity contribution is 6.01. The van der Waals surface area contributed by atoms with E-state index in [2.05, 4.69) is 33.8 Å². The van der Waals surface area contributed by atoms with Crippen molar-refractivity contribution in [1.29, 1.82) is 5.26 Å². The summed E-state index contributed by atoms with van der Waals surface area (Å²) in [5, 5.41) is 12.4. The van der Waals surface area contributed by atoms with Gasteiger partial charge in [-0.1, -0.05) is 30.3 Å². The van der Waals surface area contributed by atoms with Crippen molar-refractivity contribution in [3.63, 3.8) is 0 Å². The van der Waals surface area contributed by atoms with Crippen LogP contribution in [0.25, 0.3) is 6.08 Å². The number of amides is 1. The molecule has 1 heterocycles. The highest BCUT2D eigenvalue weighted by atomic mass is 16.5. The molecule has 1 aromatic carbocycles. The number of hydrogen-bond donors (Lipinski definition) is 1. The van der Waals surface area contributed by atoms with Crippen molar-refractivity contribution < 1.29 is 9.53 Å². The molecule has 30 heavy (non-hydrogen) atoms. The van der Waals surface area contributed by atoms with Gasteiger partial charge < -0.3 is 19.5 Å². The largest absolute Gasteiger partial charge is 0.383 e. The van der Waals surface area contributed by atoms with E-state index in [4.69, 9.17) is 4.74 Å². The number of carbonyl (C=O) groups excluding carboxylic acids is 1. The van der Waals surface area contributed by atoms with E-state index < -0.39 is 0 Å². The highest BCUT2D eigenvalue weighted by Gasteiger charge is 2.15. The number of hydrogen-bond acceptors (Lipinski definition) is 4. The quantitative estimate of drug-likeness (QED) is 0.483. The van der Waals surface area contributed by atoms with Crippen LogP contribution in [0.4, 0.5) is 0 Å². The Morgan fingerprint density at radius 2 is 2.03 bits per heavy atom. The second kappa shape index (κ2) is 11.3. The summed E-state index contributed by atoms with van der Waals surface area (Å²) in [6.07, 6.45) is 1.67. The Morgan fingerprint density at radius 3 is 2.67 bits per heavy atom. The Hall–Kier alpha value is -2.88. The topological polar surface area (TPSA) is 70.3 Å². The lowest BCUT2D eigenvalue weighted by Gasteiger charge is -2.17. The Bertz CT molecular complexity index is 909. The van der Waals surface area contributed by atoms with E-state index in [9.17, 15) is 10.1 Å². The molecule has 0 fully saturated rings. The molecule has 0 saturated heterocycles. The van der Waals surface area contributed by atoms with Crippen molar-refractivity contribution in [2.24, 2.45) is 0 Å². The minimum absolute atomic E-state index is 0.111. The number of aromatic nitrogens is 1. The lowest BCUT2D eigenvalue weighted by Crippen LogP contribution is -2.33. The molecule has 6 nitrogen and oxygen atoms in total. The van der Waals surface area contributed by atoms with E-state index in [0.717, 1.165) is 23.5 Å². The van der Waals surface area contributed by atoms with Crippen molar-refractivity contribution in [2.75, 3.05) is 33.9 Å². The van der Waals surface area contributed by atoms with Crippen LogP contribution in [-0.4, -0.2) is 49.2 Å². The van der Waals surface area contributed by atoms with Gasteiger partial charge >= 0.3 is 0 Å². The van der Waals surface area contributed by atoms with Crippen molar-refractivity contribution in [3.05, 3.63) is 64.5 Å². The first kappa shape index (κ1) is 23.4. The van der Waals surface area contributed by atoms with E-state index in [0.29, 0.717) is 19.7 Å². The number of carbonyl (C=O) groups is 1. The molecule has 0 radical (unpaired) electrons. The van der Waals surface area contributed by atoms with Crippen LogP contribution in [0.5, 0.6) is 0 Å². The lowest BCUT2D eigenvalue weighted by molar-refractivity contribution is -0.117. The van der Waals surface area contributed by atoms with Crippen molar-refractivity contribution in [2.45, 2.75) is 33.4 Å². The van der Waals surface area contributed by atoms with Gasteiger partial charge in [0.05, 0.1) is 12.6 Å².